The lowest BCUT2D eigenvalue weighted by Gasteiger charge is -2.30. The van der Waals surface area contributed by atoms with Gasteiger partial charge in [0.25, 0.3) is 0 Å². The van der Waals surface area contributed by atoms with Gasteiger partial charge in [0.2, 0.25) is 0 Å². The molecule has 10 aromatic rings. The molecule has 0 fully saturated rings. The Kier molecular flexibility index (Phi) is 10.1. The Labute approximate surface area is 382 Å². The quantitative estimate of drug-likeness (QED) is 0.136. The standard InChI is InChI=1S/C61H56N2O2/c1-8-15-58-40(7)45-20-13-22-54(60(45)64-58)62(43-29-25-41(26-30-43)37(2)3)56-35-52-47-17-10-12-19-49(47)57(36-53(52)46-16-9-11-18-48(46)56)63(44-31-27-42(28-32-44)38(4)5)55-23-14-21-51-50-33-24-39(6)34-59(50)65-61(51)55/h8-23,25-32,35-39H,24,33-34H2,1-7H3/b15-8-. The van der Waals surface area contributed by atoms with Crippen molar-refractivity contribution in [1.82, 2.24) is 0 Å². The van der Waals surface area contributed by atoms with E-state index in [9.17, 15) is 0 Å². The zero-order valence-corrected chi connectivity index (χ0v) is 38.6. The van der Waals surface area contributed by atoms with Gasteiger partial charge >= 0.3 is 0 Å². The van der Waals surface area contributed by atoms with E-state index in [1.54, 1.807) is 0 Å². The van der Waals surface area contributed by atoms with Gasteiger partial charge in [-0.3, -0.25) is 0 Å². The van der Waals surface area contributed by atoms with E-state index in [1.807, 2.05) is 13.0 Å². The predicted molar refractivity (Wildman–Crippen MR) is 277 cm³/mol. The maximum Gasteiger partial charge on any atom is 0.159 e. The first-order valence-electron chi connectivity index (χ1n) is 23.5. The fourth-order valence-electron chi connectivity index (χ4n) is 10.5. The molecule has 0 saturated heterocycles. The average Bonchev–Trinajstić information content (AvgIpc) is 3.86. The largest absolute Gasteiger partial charge is 0.459 e. The second-order valence-corrected chi connectivity index (χ2v) is 18.9. The summed E-state index contributed by atoms with van der Waals surface area (Å²) in [4.78, 5) is 4.88. The zero-order valence-electron chi connectivity index (χ0n) is 38.6. The van der Waals surface area contributed by atoms with E-state index in [2.05, 4.69) is 203 Å². The maximum atomic E-state index is 6.99. The number of rotatable bonds is 9. The molecule has 0 radical (unpaired) electrons. The molecule has 65 heavy (non-hydrogen) atoms. The highest BCUT2D eigenvalue weighted by molar-refractivity contribution is 6.25. The summed E-state index contributed by atoms with van der Waals surface area (Å²) in [5.74, 6) is 3.48. The number of nitrogens with zero attached hydrogens (tertiary/aromatic N) is 2. The lowest BCUT2D eigenvalue weighted by molar-refractivity contribution is 0.427. The third-order valence-electron chi connectivity index (χ3n) is 14.0. The number of allylic oxidation sites excluding steroid dienone is 1. The Hall–Kier alpha value is -7.04. The second-order valence-electron chi connectivity index (χ2n) is 18.9. The summed E-state index contributed by atoms with van der Waals surface area (Å²) in [7, 11) is 0. The van der Waals surface area contributed by atoms with Gasteiger partial charge in [-0.25, -0.2) is 0 Å². The Balaban J connectivity index is 1.21. The predicted octanol–water partition coefficient (Wildman–Crippen LogP) is 18.3. The van der Waals surface area contributed by atoms with Crippen LogP contribution in [0.1, 0.15) is 93.6 Å². The average molecular weight is 849 g/mol. The number of fused-ring (bicyclic) bond motifs is 9. The molecule has 4 heteroatoms. The van der Waals surface area contributed by atoms with Crippen molar-refractivity contribution in [2.24, 2.45) is 5.92 Å². The van der Waals surface area contributed by atoms with E-state index in [1.165, 1.54) is 55.4 Å². The summed E-state index contributed by atoms with van der Waals surface area (Å²) in [6.45, 7) is 15.6. The molecule has 8 aromatic carbocycles. The Morgan fingerprint density at radius 2 is 1.00 bits per heavy atom. The van der Waals surface area contributed by atoms with Gasteiger partial charge in [-0.05, 0) is 132 Å². The number of benzene rings is 8. The molecule has 0 amide bonds. The lowest BCUT2D eigenvalue weighted by Crippen LogP contribution is -2.12. The van der Waals surface area contributed by atoms with Crippen molar-refractivity contribution < 1.29 is 8.83 Å². The normalized spacial score (nSPS) is 14.3. The number of hydrogen-bond acceptors (Lipinski definition) is 4. The summed E-state index contributed by atoms with van der Waals surface area (Å²) in [5.41, 5.74) is 13.4. The molecule has 4 nitrogen and oxygen atoms in total. The van der Waals surface area contributed by atoms with Crippen molar-refractivity contribution in [2.45, 2.75) is 79.6 Å². The van der Waals surface area contributed by atoms with Gasteiger partial charge in [0.05, 0.1) is 22.7 Å². The highest BCUT2D eigenvalue weighted by Gasteiger charge is 2.28. The molecule has 0 saturated carbocycles. The van der Waals surface area contributed by atoms with Gasteiger partial charge in [-0.2, -0.15) is 0 Å². The first-order valence-corrected chi connectivity index (χ1v) is 23.5. The van der Waals surface area contributed by atoms with Gasteiger partial charge < -0.3 is 18.6 Å². The Bertz CT molecular complexity index is 3460. The minimum atomic E-state index is 0.417. The maximum absolute atomic E-state index is 6.99. The van der Waals surface area contributed by atoms with E-state index >= 15 is 0 Å². The molecule has 11 rings (SSSR count). The van der Waals surface area contributed by atoms with Crippen LogP contribution in [0.3, 0.4) is 0 Å². The van der Waals surface area contributed by atoms with E-state index in [-0.39, 0.29) is 0 Å². The number of para-hydroxylation sites is 2. The van der Waals surface area contributed by atoms with E-state index in [0.717, 1.165) is 86.0 Å². The molecule has 0 bridgehead atoms. The van der Waals surface area contributed by atoms with Crippen LogP contribution in [0.25, 0.3) is 60.3 Å². The minimum Gasteiger partial charge on any atom is -0.459 e. The van der Waals surface area contributed by atoms with Gasteiger partial charge in [-0.15, -0.1) is 0 Å². The second kappa shape index (κ2) is 16.2. The number of furan rings is 2. The molecule has 1 aliphatic rings. The van der Waals surface area contributed by atoms with E-state index < -0.39 is 0 Å². The van der Waals surface area contributed by atoms with Gasteiger partial charge in [0.15, 0.2) is 11.2 Å². The molecule has 0 N–H and O–H groups in total. The van der Waals surface area contributed by atoms with E-state index in [4.69, 9.17) is 8.83 Å². The SMILES string of the molecule is C/C=C\c1oc2c(N(c3ccc(C(C)C)cc3)c3cc4c5ccccc5c(N(c5ccc(C(C)C)cc5)c5cccc6c7c(oc56)CC(C)CC7)cc4c4ccccc34)cccc2c1C. The molecule has 1 unspecified atom stereocenters. The van der Waals surface area contributed by atoms with Crippen LogP contribution in [0.15, 0.2) is 161 Å². The topological polar surface area (TPSA) is 32.8 Å². The van der Waals surface area contributed by atoms with Crippen molar-refractivity contribution >= 4 is 94.5 Å². The fourth-order valence-corrected chi connectivity index (χ4v) is 10.5. The van der Waals surface area contributed by atoms with Crippen molar-refractivity contribution in [3.05, 3.63) is 185 Å². The Morgan fingerprint density at radius 3 is 1.51 bits per heavy atom. The van der Waals surface area contributed by atoms with Crippen molar-refractivity contribution in [1.29, 1.82) is 0 Å². The van der Waals surface area contributed by atoms with Crippen LogP contribution in [0.4, 0.5) is 34.1 Å². The molecular formula is C61H56N2O2. The van der Waals surface area contributed by atoms with Crippen LogP contribution in [0.5, 0.6) is 0 Å². The molecule has 322 valence electrons. The molecule has 1 atom stereocenters. The van der Waals surface area contributed by atoms with Gasteiger partial charge in [0, 0.05) is 50.5 Å². The smallest absolute Gasteiger partial charge is 0.159 e. The molecule has 0 aliphatic heterocycles. The molecule has 0 spiro atoms. The first kappa shape index (κ1) is 40.7. The van der Waals surface area contributed by atoms with Crippen molar-refractivity contribution in [3.63, 3.8) is 0 Å². The molecule has 1 aliphatic carbocycles. The number of hydrogen-bond donors (Lipinski definition) is 0. The number of anilines is 6. The van der Waals surface area contributed by atoms with Crippen LogP contribution in [-0.2, 0) is 12.8 Å². The van der Waals surface area contributed by atoms with Crippen LogP contribution >= 0.6 is 0 Å². The highest BCUT2D eigenvalue weighted by atomic mass is 16.3. The van der Waals surface area contributed by atoms with E-state index in [0.29, 0.717) is 17.8 Å². The first-order chi connectivity index (χ1) is 31.7. The molecule has 2 heterocycles. The summed E-state index contributed by atoms with van der Waals surface area (Å²) in [6.07, 6.45) is 7.33. The fraction of sp³-hybridized carbons (Fsp3) is 0.213. The summed E-state index contributed by atoms with van der Waals surface area (Å²) in [6, 6.07) is 54.3. The van der Waals surface area contributed by atoms with Gasteiger partial charge in [-0.1, -0.05) is 138 Å². The van der Waals surface area contributed by atoms with Crippen molar-refractivity contribution in [3.8, 4) is 0 Å². The van der Waals surface area contributed by atoms with Crippen LogP contribution in [0, 0.1) is 12.8 Å². The van der Waals surface area contributed by atoms with Crippen LogP contribution in [-0.4, -0.2) is 0 Å². The highest BCUT2D eigenvalue weighted by Crippen LogP contribution is 2.51. The molecular weight excluding hydrogens is 793 g/mol. The summed E-state index contributed by atoms with van der Waals surface area (Å²) >= 11 is 0. The van der Waals surface area contributed by atoms with Gasteiger partial charge in [0.1, 0.15) is 11.5 Å². The van der Waals surface area contributed by atoms with Crippen molar-refractivity contribution in [2.75, 3.05) is 9.80 Å². The zero-order chi connectivity index (χ0) is 44.5. The summed E-state index contributed by atoms with van der Waals surface area (Å²) in [5, 5.41) is 9.43. The minimum absolute atomic E-state index is 0.417. The van der Waals surface area contributed by atoms with Crippen LogP contribution in [0.2, 0.25) is 0 Å². The Morgan fingerprint density at radius 1 is 0.523 bits per heavy atom. The van der Waals surface area contributed by atoms with Crippen LogP contribution < -0.4 is 9.80 Å². The summed E-state index contributed by atoms with van der Waals surface area (Å²) < 4.78 is 13.8. The lowest BCUT2D eigenvalue weighted by atomic mass is 9.88. The monoisotopic (exact) mass is 848 g/mol. The number of aryl methyl sites for hydroxylation is 2. The molecule has 2 aromatic heterocycles. The third kappa shape index (κ3) is 6.81. The third-order valence-corrected chi connectivity index (χ3v) is 14.0.